The predicted molar refractivity (Wildman–Crippen MR) is 66.5 cm³/mol. The molecule has 5 nitrogen and oxygen atoms in total. The second-order valence-electron chi connectivity index (χ2n) is 4.21. The minimum absolute atomic E-state index is 0.0329. The maximum Gasteiger partial charge on any atom is 0.409 e. The number of hydrogen-bond donors (Lipinski definition) is 0. The highest BCUT2D eigenvalue weighted by atomic mass is 16.6. The van der Waals surface area contributed by atoms with Crippen molar-refractivity contribution in [2.75, 3.05) is 19.7 Å². The second kappa shape index (κ2) is 6.23. The summed E-state index contributed by atoms with van der Waals surface area (Å²) in [4.78, 5) is 17.3. The van der Waals surface area contributed by atoms with E-state index >= 15 is 0 Å². The van der Waals surface area contributed by atoms with Crippen LogP contribution in [0.5, 0.6) is 5.75 Å². The quantitative estimate of drug-likeness (QED) is 0.824. The number of ether oxygens (including phenoxy) is 2. The minimum Gasteiger partial charge on any atom is -0.488 e. The van der Waals surface area contributed by atoms with Crippen LogP contribution in [0.15, 0.2) is 24.5 Å². The number of likely N-dealkylation sites (tertiary alicyclic amines) is 1. The lowest BCUT2D eigenvalue weighted by atomic mass is 10.1. The van der Waals surface area contributed by atoms with Gasteiger partial charge in [0, 0.05) is 18.9 Å². The number of carbonyl (C=O) groups excluding carboxylic acids is 1. The summed E-state index contributed by atoms with van der Waals surface area (Å²) < 4.78 is 10.8. The van der Waals surface area contributed by atoms with Gasteiger partial charge in [-0.05, 0) is 31.9 Å². The molecule has 1 amide bonds. The number of rotatable bonds is 3. The number of amides is 1. The van der Waals surface area contributed by atoms with Gasteiger partial charge in [-0.2, -0.15) is 0 Å². The molecule has 0 aromatic carbocycles. The number of carbonyl (C=O) groups is 1. The fourth-order valence-corrected chi connectivity index (χ4v) is 2.02. The van der Waals surface area contributed by atoms with E-state index in [2.05, 4.69) is 4.98 Å². The molecule has 1 saturated heterocycles. The van der Waals surface area contributed by atoms with E-state index in [-0.39, 0.29) is 12.2 Å². The standard InChI is InChI=1S/C13H18N2O3/c1-2-17-13(16)15-9-3-4-12(10-15)18-11-5-7-14-8-6-11/h5-8,12H,2-4,9-10H2,1H3/t12-/m1/s1. The summed E-state index contributed by atoms with van der Waals surface area (Å²) in [6.45, 7) is 3.55. The first kappa shape index (κ1) is 12.7. The van der Waals surface area contributed by atoms with E-state index < -0.39 is 0 Å². The van der Waals surface area contributed by atoms with Gasteiger partial charge in [-0.1, -0.05) is 0 Å². The first-order valence-electron chi connectivity index (χ1n) is 6.28. The van der Waals surface area contributed by atoms with Crippen LogP contribution in [0.2, 0.25) is 0 Å². The van der Waals surface area contributed by atoms with Gasteiger partial charge in [0.25, 0.3) is 0 Å². The second-order valence-corrected chi connectivity index (χ2v) is 4.21. The minimum atomic E-state index is -0.250. The molecule has 0 aliphatic carbocycles. The van der Waals surface area contributed by atoms with E-state index in [1.165, 1.54) is 0 Å². The molecule has 0 spiro atoms. The van der Waals surface area contributed by atoms with Crippen LogP contribution in [-0.2, 0) is 4.74 Å². The maximum absolute atomic E-state index is 11.6. The Kier molecular flexibility index (Phi) is 4.39. The smallest absolute Gasteiger partial charge is 0.409 e. The molecule has 1 aliphatic rings. The monoisotopic (exact) mass is 250 g/mol. The Labute approximate surface area is 107 Å². The van der Waals surface area contributed by atoms with Gasteiger partial charge in [-0.3, -0.25) is 4.98 Å². The van der Waals surface area contributed by atoms with Gasteiger partial charge in [-0.25, -0.2) is 4.79 Å². The molecule has 98 valence electrons. The van der Waals surface area contributed by atoms with E-state index in [1.54, 1.807) is 17.3 Å². The zero-order chi connectivity index (χ0) is 12.8. The van der Waals surface area contributed by atoms with E-state index in [0.717, 1.165) is 25.1 Å². The van der Waals surface area contributed by atoms with Crippen LogP contribution >= 0.6 is 0 Å². The van der Waals surface area contributed by atoms with Crippen molar-refractivity contribution in [3.8, 4) is 5.75 Å². The van der Waals surface area contributed by atoms with Gasteiger partial charge >= 0.3 is 6.09 Å². The summed E-state index contributed by atoms with van der Waals surface area (Å²) >= 11 is 0. The van der Waals surface area contributed by atoms with Crippen molar-refractivity contribution in [3.05, 3.63) is 24.5 Å². The lowest BCUT2D eigenvalue weighted by Crippen LogP contribution is -2.44. The van der Waals surface area contributed by atoms with Crippen LogP contribution in [0.4, 0.5) is 4.79 Å². The third-order valence-corrected chi connectivity index (χ3v) is 2.86. The highest BCUT2D eigenvalue weighted by molar-refractivity contribution is 5.67. The Hall–Kier alpha value is -1.78. The molecule has 0 unspecified atom stereocenters. The van der Waals surface area contributed by atoms with Gasteiger partial charge in [-0.15, -0.1) is 0 Å². The highest BCUT2D eigenvalue weighted by Crippen LogP contribution is 2.18. The van der Waals surface area contributed by atoms with Crippen molar-refractivity contribution >= 4 is 6.09 Å². The SMILES string of the molecule is CCOC(=O)N1CCC[C@@H](Oc2ccncc2)C1. The lowest BCUT2D eigenvalue weighted by molar-refractivity contribution is 0.0611. The molecule has 0 N–H and O–H groups in total. The molecular formula is C13H18N2O3. The van der Waals surface area contributed by atoms with Crippen LogP contribution < -0.4 is 4.74 Å². The van der Waals surface area contributed by atoms with Crippen molar-refractivity contribution in [1.82, 2.24) is 9.88 Å². The Bertz CT molecular complexity index is 383. The Balaban J connectivity index is 1.89. The topological polar surface area (TPSA) is 51.7 Å². The lowest BCUT2D eigenvalue weighted by Gasteiger charge is -2.32. The van der Waals surface area contributed by atoms with Crippen LogP contribution in [-0.4, -0.2) is 41.8 Å². The Morgan fingerprint density at radius 1 is 1.50 bits per heavy atom. The molecule has 1 aliphatic heterocycles. The zero-order valence-electron chi connectivity index (χ0n) is 10.5. The molecule has 1 fully saturated rings. The Morgan fingerprint density at radius 2 is 2.28 bits per heavy atom. The van der Waals surface area contributed by atoms with Crippen molar-refractivity contribution in [2.24, 2.45) is 0 Å². The van der Waals surface area contributed by atoms with Crippen molar-refractivity contribution in [1.29, 1.82) is 0 Å². The number of aromatic nitrogens is 1. The molecule has 2 heterocycles. The summed E-state index contributed by atoms with van der Waals surface area (Å²) in [7, 11) is 0. The first-order chi connectivity index (χ1) is 8.79. The molecule has 5 heteroatoms. The number of pyridine rings is 1. The summed E-state index contributed by atoms with van der Waals surface area (Å²) in [5, 5.41) is 0. The van der Waals surface area contributed by atoms with E-state index in [4.69, 9.17) is 9.47 Å². The van der Waals surface area contributed by atoms with Crippen LogP contribution in [0.3, 0.4) is 0 Å². The van der Waals surface area contributed by atoms with Crippen molar-refractivity contribution in [2.45, 2.75) is 25.9 Å². The molecule has 1 aromatic rings. The molecule has 18 heavy (non-hydrogen) atoms. The van der Waals surface area contributed by atoms with Crippen LogP contribution in [0, 0.1) is 0 Å². The van der Waals surface area contributed by atoms with Crippen molar-refractivity contribution in [3.63, 3.8) is 0 Å². The Morgan fingerprint density at radius 3 is 3.00 bits per heavy atom. The van der Waals surface area contributed by atoms with Crippen LogP contribution in [0.25, 0.3) is 0 Å². The van der Waals surface area contributed by atoms with E-state index in [0.29, 0.717) is 13.2 Å². The van der Waals surface area contributed by atoms with Gasteiger partial charge in [0.1, 0.15) is 11.9 Å². The van der Waals surface area contributed by atoms with Gasteiger partial charge in [0.05, 0.1) is 13.2 Å². The molecule has 0 saturated carbocycles. The molecule has 1 aromatic heterocycles. The maximum atomic E-state index is 11.6. The summed E-state index contributed by atoms with van der Waals surface area (Å²) in [5.41, 5.74) is 0. The van der Waals surface area contributed by atoms with Crippen molar-refractivity contribution < 1.29 is 14.3 Å². The van der Waals surface area contributed by atoms with Gasteiger partial charge in [0.2, 0.25) is 0 Å². The van der Waals surface area contributed by atoms with Crippen LogP contribution in [0.1, 0.15) is 19.8 Å². The third-order valence-electron chi connectivity index (χ3n) is 2.86. The van der Waals surface area contributed by atoms with E-state index in [1.807, 2.05) is 19.1 Å². The largest absolute Gasteiger partial charge is 0.488 e. The van der Waals surface area contributed by atoms with Gasteiger partial charge in [0.15, 0.2) is 0 Å². The normalized spacial score (nSPS) is 19.4. The number of nitrogens with zero attached hydrogens (tertiary/aromatic N) is 2. The highest BCUT2D eigenvalue weighted by Gasteiger charge is 2.25. The summed E-state index contributed by atoms with van der Waals surface area (Å²) in [6.07, 6.45) is 5.07. The average Bonchev–Trinajstić information content (AvgIpc) is 2.40. The molecule has 1 atom stereocenters. The molecule has 2 rings (SSSR count). The number of hydrogen-bond acceptors (Lipinski definition) is 4. The summed E-state index contributed by atoms with van der Waals surface area (Å²) in [5.74, 6) is 0.792. The van der Waals surface area contributed by atoms with Gasteiger partial charge < -0.3 is 14.4 Å². The average molecular weight is 250 g/mol. The molecule has 0 bridgehead atoms. The van der Waals surface area contributed by atoms with E-state index in [9.17, 15) is 4.79 Å². The summed E-state index contributed by atoms with van der Waals surface area (Å²) in [6, 6.07) is 3.65. The zero-order valence-corrected chi connectivity index (χ0v) is 10.5. The first-order valence-corrected chi connectivity index (χ1v) is 6.28. The number of piperidine rings is 1. The molecular weight excluding hydrogens is 232 g/mol. The molecule has 0 radical (unpaired) electrons. The third kappa shape index (κ3) is 3.35. The fourth-order valence-electron chi connectivity index (χ4n) is 2.02. The predicted octanol–water partition coefficient (Wildman–Crippen LogP) is 2.08. The fraction of sp³-hybridized carbons (Fsp3) is 0.538.